The Kier molecular flexibility index (Phi) is 5.74. The number of aryl methyl sites for hydroxylation is 1. The fourth-order valence-corrected chi connectivity index (χ4v) is 8.47. The molecule has 3 heterocycles. The van der Waals surface area contributed by atoms with Crippen molar-refractivity contribution in [1.82, 2.24) is 19.9 Å². The van der Waals surface area contributed by atoms with Crippen molar-refractivity contribution in [3.63, 3.8) is 0 Å². The minimum Gasteiger partial charge on any atom is -0.468 e. The number of nitriles is 1. The van der Waals surface area contributed by atoms with E-state index in [1.165, 1.54) is 7.11 Å². The molecule has 1 saturated heterocycles. The van der Waals surface area contributed by atoms with Crippen LogP contribution in [0.2, 0.25) is 0 Å². The largest absolute Gasteiger partial charge is 0.468 e. The summed E-state index contributed by atoms with van der Waals surface area (Å²) in [4.78, 5) is 29.1. The van der Waals surface area contributed by atoms with Crippen LogP contribution >= 0.6 is 0 Å². The van der Waals surface area contributed by atoms with Crippen LogP contribution in [0.25, 0.3) is 11.3 Å². The highest BCUT2D eigenvalue weighted by Gasteiger charge is 2.81. The van der Waals surface area contributed by atoms with E-state index < -0.39 is 28.4 Å². The number of methoxy groups -OCH3 is 1. The Bertz CT molecular complexity index is 1570. The lowest BCUT2D eigenvalue weighted by molar-refractivity contribution is -0.161. The second-order valence-corrected chi connectivity index (χ2v) is 12.0. The normalized spacial score (nSPS) is 33.1. The topological polar surface area (TPSA) is 133 Å². The Morgan fingerprint density at radius 1 is 1.20 bits per heavy atom. The molecule has 3 fully saturated rings. The first-order valence-electron chi connectivity index (χ1n) is 14.2. The predicted molar refractivity (Wildman–Crippen MR) is 148 cm³/mol. The molecule has 4 aliphatic rings. The van der Waals surface area contributed by atoms with Crippen LogP contribution in [0, 0.1) is 28.2 Å². The number of rotatable bonds is 6. The van der Waals surface area contributed by atoms with Crippen LogP contribution in [-0.4, -0.2) is 62.7 Å². The van der Waals surface area contributed by atoms with Gasteiger partial charge in [-0.2, -0.15) is 5.26 Å². The molecule has 2 N–H and O–H groups in total. The van der Waals surface area contributed by atoms with Gasteiger partial charge in [-0.05, 0) is 55.1 Å². The van der Waals surface area contributed by atoms with Crippen molar-refractivity contribution in [3.05, 3.63) is 66.4 Å². The van der Waals surface area contributed by atoms with Crippen molar-refractivity contribution in [2.24, 2.45) is 16.7 Å². The molecule has 0 bridgehead atoms. The van der Waals surface area contributed by atoms with Crippen LogP contribution in [0.3, 0.4) is 0 Å². The van der Waals surface area contributed by atoms with Gasteiger partial charge in [-0.3, -0.25) is 14.3 Å². The van der Waals surface area contributed by atoms with E-state index in [0.717, 1.165) is 28.9 Å². The number of benzene rings is 2. The summed E-state index contributed by atoms with van der Waals surface area (Å²) in [5.74, 6) is -0.496. The molecule has 2 saturated carbocycles. The number of amides is 1. The third kappa shape index (κ3) is 3.45. The lowest BCUT2D eigenvalue weighted by atomic mass is 9.60. The maximum absolute atomic E-state index is 14.1. The number of hydrogen-bond acceptors (Lipinski definition) is 8. The summed E-state index contributed by atoms with van der Waals surface area (Å²) in [7, 11) is 1.37. The van der Waals surface area contributed by atoms with Crippen molar-refractivity contribution >= 4 is 17.6 Å². The van der Waals surface area contributed by atoms with Gasteiger partial charge in [0.15, 0.2) is 6.19 Å². The van der Waals surface area contributed by atoms with Gasteiger partial charge in [0.05, 0.1) is 30.9 Å². The van der Waals surface area contributed by atoms with E-state index in [-0.39, 0.29) is 17.8 Å². The zero-order valence-corrected chi connectivity index (χ0v) is 22.9. The van der Waals surface area contributed by atoms with Crippen LogP contribution in [0.15, 0.2) is 60.8 Å². The molecule has 7 rings (SSSR count). The maximum atomic E-state index is 14.1. The van der Waals surface area contributed by atoms with Crippen LogP contribution in [0.1, 0.15) is 37.7 Å². The quantitative estimate of drug-likeness (QED) is 0.352. The van der Waals surface area contributed by atoms with Gasteiger partial charge < -0.3 is 20.1 Å². The first-order valence-corrected chi connectivity index (χ1v) is 14.2. The number of aliphatic hydroxyl groups excluding tert-OH is 1. The number of nitrogens with zero attached hydrogens (tertiary/aromatic N) is 5. The standard InChI is InChI=1S/C31H32N6O4/c1-41-28(40)31-18-29(31)15-25(36(19-32)16-21(29)11-12-26(31)38)30(22-9-5-6-10-23(22)33-27(30)39)13-14-37-17-24(34-35-37)20-7-3-2-4-8-20/h2-10,17,21,25-26,38H,11-16,18H2,1H3,(H,33,39)/t21-,25-,26-,29+,30-,31-/m0/s1. The first-order chi connectivity index (χ1) is 19.9. The minimum absolute atomic E-state index is 0.0569. The maximum Gasteiger partial charge on any atom is 0.315 e. The third-order valence-corrected chi connectivity index (χ3v) is 10.5. The summed E-state index contributed by atoms with van der Waals surface area (Å²) < 4.78 is 6.98. The van der Waals surface area contributed by atoms with Gasteiger partial charge >= 0.3 is 5.97 Å². The minimum atomic E-state index is -1.07. The van der Waals surface area contributed by atoms with Gasteiger partial charge in [0, 0.05) is 24.3 Å². The number of carbonyl (C=O) groups is 2. The van der Waals surface area contributed by atoms with Gasteiger partial charge in [0.1, 0.15) is 11.1 Å². The number of esters is 1. The smallest absolute Gasteiger partial charge is 0.315 e. The molecule has 1 aromatic heterocycles. The number of ether oxygens (including phenoxy) is 1. The number of hydrogen-bond donors (Lipinski definition) is 2. The van der Waals surface area contributed by atoms with E-state index >= 15 is 0 Å². The summed E-state index contributed by atoms with van der Waals surface area (Å²) >= 11 is 0. The first kappa shape index (κ1) is 25.7. The third-order valence-electron chi connectivity index (χ3n) is 10.5. The van der Waals surface area contributed by atoms with Crippen molar-refractivity contribution in [3.8, 4) is 17.5 Å². The Balaban J connectivity index is 1.29. The summed E-state index contributed by atoms with van der Waals surface area (Å²) in [6.07, 6.45) is 6.03. The number of likely N-dealkylation sites (tertiary alicyclic amines) is 1. The Labute approximate surface area is 237 Å². The van der Waals surface area contributed by atoms with E-state index in [9.17, 15) is 20.0 Å². The van der Waals surface area contributed by atoms with Crippen LogP contribution in [0.4, 0.5) is 5.69 Å². The number of fused-ring (bicyclic) bond motifs is 1. The molecular formula is C31H32N6O4. The van der Waals surface area contributed by atoms with Gasteiger partial charge in [-0.25, -0.2) is 0 Å². The molecule has 10 nitrogen and oxygen atoms in total. The second-order valence-electron chi connectivity index (χ2n) is 12.0. The molecule has 10 heteroatoms. The fourth-order valence-electron chi connectivity index (χ4n) is 8.47. The zero-order chi connectivity index (χ0) is 28.4. The van der Waals surface area contributed by atoms with Crippen molar-refractivity contribution in [1.29, 1.82) is 5.26 Å². The number of piperidine rings is 1. The lowest BCUT2D eigenvalue weighted by Gasteiger charge is -2.52. The average molecular weight is 553 g/mol. The summed E-state index contributed by atoms with van der Waals surface area (Å²) in [5.41, 5.74) is 0.690. The summed E-state index contributed by atoms with van der Waals surface area (Å²) in [6, 6.07) is 16.9. The van der Waals surface area contributed by atoms with E-state index in [1.54, 1.807) is 9.58 Å². The number of aliphatic hydroxyl groups is 1. The fraction of sp³-hybridized carbons (Fsp3) is 0.452. The molecule has 0 unspecified atom stereocenters. The monoisotopic (exact) mass is 552 g/mol. The highest BCUT2D eigenvalue weighted by molar-refractivity contribution is 6.07. The van der Waals surface area contributed by atoms with Gasteiger partial charge in [0.25, 0.3) is 0 Å². The molecule has 2 aliphatic heterocycles. The van der Waals surface area contributed by atoms with Gasteiger partial charge in [-0.1, -0.05) is 53.7 Å². The highest BCUT2D eigenvalue weighted by Crippen LogP contribution is 2.77. The number of para-hydroxylation sites is 1. The summed E-state index contributed by atoms with van der Waals surface area (Å²) in [6.45, 7) is 0.837. The van der Waals surface area contributed by atoms with Crippen molar-refractivity contribution in [2.45, 2.75) is 56.2 Å². The molecule has 2 aromatic carbocycles. The number of aromatic nitrogens is 3. The SMILES string of the molecule is COC(=O)[C@@]12C[C@@]13C[C@@H]([C@@]1(CCn4cc(-c5ccccc5)nn4)C(=O)Nc4ccccc41)N(C#N)C[C@@H]3CC[C@@H]2O. The van der Waals surface area contributed by atoms with Crippen molar-refractivity contribution < 1.29 is 19.4 Å². The number of carbonyl (C=O) groups excluding carboxylic acids is 2. The Morgan fingerprint density at radius 3 is 2.76 bits per heavy atom. The molecular weight excluding hydrogens is 520 g/mol. The van der Waals surface area contributed by atoms with E-state index in [1.807, 2.05) is 60.8 Å². The number of anilines is 1. The lowest BCUT2D eigenvalue weighted by Crippen LogP contribution is -2.61. The zero-order valence-electron chi connectivity index (χ0n) is 22.9. The highest BCUT2D eigenvalue weighted by atomic mass is 16.5. The summed E-state index contributed by atoms with van der Waals surface area (Å²) in [5, 5.41) is 33.3. The molecule has 1 spiro atoms. The predicted octanol–water partition coefficient (Wildman–Crippen LogP) is 3.10. The molecule has 2 aliphatic carbocycles. The molecule has 41 heavy (non-hydrogen) atoms. The van der Waals surface area contributed by atoms with Crippen LogP contribution in [0.5, 0.6) is 0 Å². The van der Waals surface area contributed by atoms with E-state index in [2.05, 4.69) is 21.8 Å². The van der Waals surface area contributed by atoms with Gasteiger partial charge in [0.2, 0.25) is 5.91 Å². The van der Waals surface area contributed by atoms with Crippen LogP contribution < -0.4 is 5.32 Å². The van der Waals surface area contributed by atoms with E-state index in [0.29, 0.717) is 38.8 Å². The van der Waals surface area contributed by atoms with Crippen molar-refractivity contribution in [2.75, 3.05) is 19.0 Å². The molecule has 3 aromatic rings. The van der Waals surface area contributed by atoms with E-state index in [4.69, 9.17) is 4.74 Å². The van der Waals surface area contributed by atoms with Gasteiger partial charge in [-0.15, -0.1) is 5.10 Å². The van der Waals surface area contributed by atoms with Crippen LogP contribution in [-0.2, 0) is 26.3 Å². The molecule has 210 valence electrons. The molecule has 1 amide bonds. The number of nitrogens with one attached hydrogen (secondary N) is 1. The average Bonchev–Trinajstić information content (AvgIpc) is 3.31. The molecule has 0 radical (unpaired) electrons. The Morgan fingerprint density at radius 2 is 1.98 bits per heavy atom. The Hall–Kier alpha value is -4.23. The second kappa shape index (κ2) is 9.14. The molecule has 6 atom stereocenters.